The first-order valence-electron chi connectivity index (χ1n) is 5.76. The topological polar surface area (TPSA) is 48.1 Å². The van der Waals surface area contributed by atoms with Crippen LogP contribution >= 0.6 is 15.9 Å². The van der Waals surface area contributed by atoms with Gasteiger partial charge in [0, 0.05) is 17.2 Å². The number of hydrogen-bond acceptors (Lipinski definition) is 3. The standard InChI is InChI=1S/C14H15BrN2O/c15-12-6-4-11(5-7-12)10-18-14(9-16)13-3-1-2-8-17-13/h1-8,14H,9-10,16H2. The molecule has 3 nitrogen and oxygen atoms in total. The van der Waals surface area contributed by atoms with Gasteiger partial charge in [-0.05, 0) is 29.8 Å². The van der Waals surface area contributed by atoms with E-state index in [1.165, 1.54) is 0 Å². The average Bonchev–Trinajstić information content (AvgIpc) is 2.43. The zero-order chi connectivity index (χ0) is 12.8. The summed E-state index contributed by atoms with van der Waals surface area (Å²) in [5, 5.41) is 0. The fourth-order valence-electron chi connectivity index (χ4n) is 1.62. The predicted molar refractivity (Wildman–Crippen MR) is 75.0 cm³/mol. The fourth-order valence-corrected chi connectivity index (χ4v) is 1.88. The SMILES string of the molecule is NCC(OCc1ccc(Br)cc1)c1ccccn1. The Kier molecular flexibility index (Phi) is 4.87. The number of ether oxygens (including phenoxy) is 1. The number of hydrogen-bond donors (Lipinski definition) is 1. The first kappa shape index (κ1) is 13.2. The van der Waals surface area contributed by atoms with Gasteiger partial charge in [-0.3, -0.25) is 4.98 Å². The van der Waals surface area contributed by atoms with E-state index < -0.39 is 0 Å². The van der Waals surface area contributed by atoms with Gasteiger partial charge in [0.2, 0.25) is 0 Å². The van der Waals surface area contributed by atoms with Gasteiger partial charge in [-0.15, -0.1) is 0 Å². The molecule has 4 heteroatoms. The molecule has 18 heavy (non-hydrogen) atoms. The van der Waals surface area contributed by atoms with Crippen molar-refractivity contribution in [2.75, 3.05) is 6.54 Å². The van der Waals surface area contributed by atoms with Crippen molar-refractivity contribution in [1.82, 2.24) is 4.98 Å². The number of pyridine rings is 1. The number of nitrogens with two attached hydrogens (primary N) is 1. The quantitative estimate of drug-likeness (QED) is 0.923. The molecule has 0 bridgehead atoms. The number of rotatable bonds is 5. The normalized spacial score (nSPS) is 12.3. The third kappa shape index (κ3) is 3.63. The van der Waals surface area contributed by atoms with E-state index in [0.717, 1.165) is 15.7 Å². The third-order valence-corrected chi connectivity index (χ3v) is 3.12. The molecule has 0 saturated heterocycles. The van der Waals surface area contributed by atoms with Crippen LogP contribution in [0.15, 0.2) is 53.1 Å². The van der Waals surface area contributed by atoms with Gasteiger partial charge in [-0.1, -0.05) is 34.1 Å². The van der Waals surface area contributed by atoms with Gasteiger partial charge in [0.15, 0.2) is 0 Å². The zero-order valence-corrected chi connectivity index (χ0v) is 11.5. The molecule has 2 N–H and O–H groups in total. The van der Waals surface area contributed by atoms with E-state index in [1.807, 2.05) is 42.5 Å². The molecule has 1 aromatic carbocycles. The van der Waals surface area contributed by atoms with E-state index in [0.29, 0.717) is 13.2 Å². The summed E-state index contributed by atoms with van der Waals surface area (Å²) in [5.74, 6) is 0. The van der Waals surface area contributed by atoms with Gasteiger partial charge < -0.3 is 10.5 Å². The molecule has 0 spiro atoms. The minimum atomic E-state index is -0.158. The Morgan fingerprint density at radius 2 is 1.94 bits per heavy atom. The van der Waals surface area contributed by atoms with Gasteiger partial charge in [-0.2, -0.15) is 0 Å². The van der Waals surface area contributed by atoms with Gasteiger partial charge in [0.05, 0.1) is 12.3 Å². The van der Waals surface area contributed by atoms with Crippen molar-refractivity contribution in [2.45, 2.75) is 12.7 Å². The van der Waals surface area contributed by atoms with Crippen molar-refractivity contribution in [3.63, 3.8) is 0 Å². The second kappa shape index (κ2) is 6.64. The molecule has 0 aliphatic carbocycles. The summed E-state index contributed by atoms with van der Waals surface area (Å²) in [7, 11) is 0. The van der Waals surface area contributed by atoms with Crippen molar-refractivity contribution in [1.29, 1.82) is 0 Å². The highest BCUT2D eigenvalue weighted by molar-refractivity contribution is 9.10. The lowest BCUT2D eigenvalue weighted by Gasteiger charge is -2.15. The molecule has 1 aromatic heterocycles. The molecule has 0 radical (unpaired) electrons. The van der Waals surface area contributed by atoms with Crippen molar-refractivity contribution >= 4 is 15.9 Å². The molecular formula is C14H15BrN2O. The third-order valence-electron chi connectivity index (χ3n) is 2.60. The first-order valence-corrected chi connectivity index (χ1v) is 6.56. The van der Waals surface area contributed by atoms with Gasteiger partial charge in [0.25, 0.3) is 0 Å². The predicted octanol–water partition coefficient (Wildman–Crippen LogP) is 3.06. The number of halogens is 1. The number of benzene rings is 1. The van der Waals surface area contributed by atoms with Crippen LogP contribution in [0.1, 0.15) is 17.4 Å². The van der Waals surface area contributed by atoms with Crippen LogP contribution in [0.3, 0.4) is 0 Å². The molecule has 0 saturated carbocycles. The first-order chi connectivity index (χ1) is 8.79. The molecule has 0 amide bonds. The molecule has 2 aromatic rings. The van der Waals surface area contributed by atoms with Crippen LogP contribution in [-0.2, 0) is 11.3 Å². The molecule has 94 valence electrons. The maximum absolute atomic E-state index is 5.80. The van der Waals surface area contributed by atoms with Crippen LogP contribution in [0.4, 0.5) is 0 Å². The van der Waals surface area contributed by atoms with E-state index in [1.54, 1.807) is 6.20 Å². The molecule has 0 aliphatic rings. The van der Waals surface area contributed by atoms with E-state index in [2.05, 4.69) is 20.9 Å². The van der Waals surface area contributed by atoms with Crippen molar-refractivity contribution in [3.8, 4) is 0 Å². The van der Waals surface area contributed by atoms with Crippen LogP contribution in [0, 0.1) is 0 Å². The molecule has 0 fully saturated rings. The van der Waals surface area contributed by atoms with Crippen LogP contribution in [0.5, 0.6) is 0 Å². The van der Waals surface area contributed by atoms with Crippen LogP contribution in [-0.4, -0.2) is 11.5 Å². The summed E-state index contributed by atoms with van der Waals surface area (Å²) in [4.78, 5) is 4.26. The summed E-state index contributed by atoms with van der Waals surface area (Å²) >= 11 is 3.41. The smallest absolute Gasteiger partial charge is 0.112 e. The molecule has 0 aliphatic heterocycles. The lowest BCUT2D eigenvalue weighted by Crippen LogP contribution is -2.16. The summed E-state index contributed by atoms with van der Waals surface area (Å²) in [6.07, 6.45) is 1.59. The Bertz CT molecular complexity index is 473. The van der Waals surface area contributed by atoms with Crippen molar-refractivity contribution < 1.29 is 4.74 Å². The lowest BCUT2D eigenvalue weighted by atomic mass is 10.2. The summed E-state index contributed by atoms with van der Waals surface area (Å²) < 4.78 is 6.86. The average molecular weight is 307 g/mol. The maximum Gasteiger partial charge on any atom is 0.112 e. The molecule has 1 heterocycles. The second-order valence-corrected chi connectivity index (χ2v) is 4.83. The summed E-state index contributed by atoms with van der Waals surface area (Å²) in [5.41, 5.74) is 7.71. The minimum Gasteiger partial charge on any atom is -0.366 e. The lowest BCUT2D eigenvalue weighted by molar-refractivity contribution is 0.0428. The Balaban J connectivity index is 1.97. The second-order valence-electron chi connectivity index (χ2n) is 3.92. The number of aromatic nitrogens is 1. The zero-order valence-electron chi connectivity index (χ0n) is 9.92. The molecule has 1 unspecified atom stereocenters. The summed E-state index contributed by atoms with van der Waals surface area (Å²) in [6, 6.07) is 13.8. The molecule has 1 atom stereocenters. The van der Waals surface area contributed by atoms with Crippen LogP contribution in [0.25, 0.3) is 0 Å². The van der Waals surface area contributed by atoms with E-state index in [4.69, 9.17) is 10.5 Å². The fraction of sp³-hybridized carbons (Fsp3) is 0.214. The van der Waals surface area contributed by atoms with Gasteiger partial charge >= 0.3 is 0 Å². The molecular weight excluding hydrogens is 292 g/mol. The Morgan fingerprint density at radius 1 is 1.17 bits per heavy atom. The van der Waals surface area contributed by atoms with Crippen molar-refractivity contribution in [2.24, 2.45) is 5.73 Å². The highest BCUT2D eigenvalue weighted by atomic mass is 79.9. The number of nitrogens with zero attached hydrogens (tertiary/aromatic N) is 1. The highest BCUT2D eigenvalue weighted by Gasteiger charge is 2.10. The van der Waals surface area contributed by atoms with E-state index in [-0.39, 0.29) is 6.10 Å². The molecule has 2 rings (SSSR count). The monoisotopic (exact) mass is 306 g/mol. The highest BCUT2D eigenvalue weighted by Crippen LogP contribution is 2.17. The van der Waals surface area contributed by atoms with E-state index in [9.17, 15) is 0 Å². The van der Waals surface area contributed by atoms with E-state index >= 15 is 0 Å². The Morgan fingerprint density at radius 3 is 2.56 bits per heavy atom. The van der Waals surface area contributed by atoms with Crippen molar-refractivity contribution in [3.05, 3.63) is 64.4 Å². The minimum absolute atomic E-state index is 0.158. The van der Waals surface area contributed by atoms with Gasteiger partial charge in [-0.25, -0.2) is 0 Å². The van der Waals surface area contributed by atoms with Crippen LogP contribution < -0.4 is 5.73 Å². The van der Waals surface area contributed by atoms with Gasteiger partial charge in [0.1, 0.15) is 6.10 Å². The maximum atomic E-state index is 5.80. The Labute approximate surface area is 115 Å². The summed E-state index contributed by atoms with van der Waals surface area (Å²) in [6.45, 7) is 0.958. The largest absolute Gasteiger partial charge is 0.366 e. The Hall–Kier alpha value is -1.23. The van der Waals surface area contributed by atoms with Crippen LogP contribution in [0.2, 0.25) is 0 Å².